The quantitative estimate of drug-likeness (QED) is 0.910. The average molecular weight is 315 g/mol. The Hall–Kier alpha value is -0.710. The third-order valence-electron chi connectivity index (χ3n) is 2.41. The summed E-state index contributed by atoms with van der Waals surface area (Å²) in [6.07, 6.45) is 0.613. The molecule has 0 spiro atoms. The van der Waals surface area contributed by atoms with E-state index in [0.717, 1.165) is 10.4 Å². The number of hydrogen-bond donors (Lipinski definition) is 1. The third-order valence-corrected chi connectivity index (χ3v) is 3.77. The molecule has 1 N–H and O–H groups in total. The average Bonchev–Trinajstić information content (AvgIpc) is 2.67. The molecule has 1 aromatic carbocycles. The van der Waals surface area contributed by atoms with Crippen molar-refractivity contribution in [3.63, 3.8) is 0 Å². The molecule has 0 aliphatic rings. The van der Waals surface area contributed by atoms with Crippen LogP contribution in [0.3, 0.4) is 0 Å². The van der Waals surface area contributed by atoms with Crippen molar-refractivity contribution in [3.8, 4) is 0 Å². The first-order valence-electron chi connectivity index (χ1n) is 5.29. The Bertz CT molecular complexity index is 464. The number of benzene rings is 1. The topological polar surface area (TPSA) is 20.2 Å². The maximum Gasteiger partial charge on any atom is 0.124 e. The molecule has 0 saturated heterocycles. The van der Waals surface area contributed by atoms with E-state index in [-0.39, 0.29) is 5.82 Å². The van der Waals surface area contributed by atoms with Gasteiger partial charge in [0.25, 0.3) is 0 Å². The number of aliphatic hydroxyl groups excluding tert-OH is 1. The molecule has 0 bridgehead atoms. The molecule has 17 heavy (non-hydrogen) atoms. The Labute approximate surface area is 112 Å². The monoisotopic (exact) mass is 314 g/mol. The van der Waals surface area contributed by atoms with Crippen molar-refractivity contribution in [2.45, 2.75) is 18.9 Å². The van der Waals surface area contributed by atoms with E-state index in [1.165, 1.54) is 12.1 Å². The summed E-state index contributed by atoms with van der Waals surface area (Å²) < 4.78 is 13.9. The number of halogens is 2. The standard InChI is InChI=1S/C13H12BrFOS/c14-10-4-9(5-11(15)7-10)6-12(16)8-13-2-1-3-17-13/h1-5,7,12,16H,6,8H2. The van der Waals surface area contributed by atoms with Crippen molar-refractivity contribution < 1.29 is 9.50 Å². The summed E-state index contributed by atoms with van der Waals surface area (Å²) in [5.41, 5.74) is 0.806. The zero-order valence-corrected chi connectivity index (χ0v) is 11.5. The van der Waals surface area contributed by atoms with Gasteiger partial charge in [-0.25, -0.2) is 4.39 Å². The molecule has 0 fully saturated rings. The largest absolute Gasteiger partial charge is 0.392 e. The Morgan fingerprint density at radius 2 is 2.12 bits per heavy atom. The molecule has 0 aliphatic heterocycles. The van der Waals surface area contributed by atoms with Crippen LogP contribution >= 0.6 is 27.3 Å². The second-order valence-electron chi connectivity index (χ2n) is 3.92. The number of thiophene rings is 1. The van der Waals surface area contributed by atoms with Gasteiger partial charge in [-0.3, -0.25) is 0 Å². The van der Waals surface area contributed by atoms with E-state index in [4.69, 9.17) is 0 Å². The first-order valence-corrected chi connectivity index (χ1v) is 6.96. The van der Waals surface area contributed by atoms with E-state index in [2.05, 4.69) is 15.9 Å². The van der Waals surface area contributed by atoms with E-state index in [9.17, 15) is 9.50 Å². The molecule has 1 heterocycles. The van der Waals surface area contributed by atoms with Gasteiger partial charge in [-0.15, -0.1) is 11.3 Å². The van der Waals surface area contributed by atoms with Crippen molar-refractivity contribution in [1.29, 1.82) is 0 Å². The molecular weight excluding hydrogens is 303 g/mol. The molecule has 1 unspecified atom stereocenters. The van der Waals surface area contributed by atoms with Gasteiger partial charge < -0.3 is 5.11 Å². The van der Waals surface area contributed by atoms with Crippen LogP contribution in [-0.2, 0) is 12.8 Å². The van der Waals surface area contributed by atoms with Gasteiger partial charge in [-0.1, -0.05) is 22.0 Å². The molecule has 1 aromatic heterocycles. The van der Waals surface area contributed by atoms with E-state index in [0.29, 0.717) is 17.3 Å². The lowest BCUT2D eigenvalue weighted by Gasteiger charge is -2.09. The fourth-order valence-electron chi connectivity index (χ4n) is 1.73. The van der Waals surface area contributed by atoms with Crippen LogP contribution in [0.2, 0.25) is 0 Å². The highest BCUT2D eigenvalue weighted by atomic mass is 79.9. The van der Waals surface area contributed by atoms with E-state index < -0.39 is 6.10 Å². The second-order valence-corrected chi connectivity index (χ2v) is 5.87. The summed E-state index contributed by atoms with van der Waals surface area (Å²) in [5, 5.41) is 11.9. The summed E-state index contributed by atoms with van der Waals surface area (Å²) in [4.78, 5) is 1.15. The molecule has 2 rings (SSSR count). The first kappa shape index (κ1) is 12.7. The van der Waals surface area contributed by atoms with Crippen LogP contribution in [0.1, 0.15) is 10.4 Å². The molecule has 90 valence electrons. The first-order chi connectivity index (χ1) is 8.13. The van der Waals surface area contributed by atoms with E-state index >= 15 is 0 Å². The minimum absolute atomic E-state index is 0.280. The maximum absolute atomic E-state index is 13.1. The van der Waals surface area contributed by atoms with Crippen molar-refractivity contribution >= 4 is 27.3 Å². The maximum atomic E-state index is 13.1. The fraction of sp³-hybridized carbons (Fsp3) is 0.231. The van der Waals surface area contributed by atoms with Crippen LogP contribution in [0.4, 0.5) is 4.39 Å². The highest BCUT2D eigenvalue weighted by Crippen LogP contribution is 2.18. The molecule has 1 atom stereocenters. The van der Waals surface area contributed by atoms with Crippen molar-refractivity contribution in [2.24, 2.45) is 0 Å². The van der Waals surface area contributed by atoms with Gasteiger partial charge in [-0.05, 0) is 41.6 Å². The Balaban J connectivity index is 2.00. The van der Waals surface area contributed by atoms with Gasteiger partial charge in [0.1, 0.15) is 5.82 Å². The minimum atomic E-state index is -0.470. The zero-order valence-electron chi connectivity index (χ0n) is 9.07. The van der Waals surface area contributed by atoms with Crippen molar-refractivity contribution in [3.05, 3.63) is 56.4 Å². The Kier molecular flexibility index (Phi) is 4.31. The summed E-state index contributed by atoms with van der Waals surface area (Å²) in [5.74, 6) is -0.280. The van der Waals surface area contributed by atoms with E-state index in [1.54, 1.807) is 11.3 Å². The van der Waals surface area contributed by atoms with Crippen LogP contribution in [0.25, 0.3) is 0 Å². The molecule has 0 radical (unpaired) electrons. The molecular formula is C13H12BrFOS. The molecule has 0 amide bonds. The summed E-state index contributed by atoms with van der Waals surface area (Å²) in [6, 6.07) is 8.67. The zero-order chi connectivity index (χ0) is 12.3. The van der Waals surface area contributed by atoms with E-state index in [1.807, 2.05) is 23.6 Å². The lowest BCUT2D eigenvalue weighted by atomic mass is 10.1. The lowest BCUT2D eigenvalue weighted by molar-refractivity contribution is 0.176. The summed E-state index contributed by atoms with van der Waals surface area (Å²) >= 11 is 4.87. The van der Waals surface area contributed by atoms with Gasteiger partial charge in [0.05, 0.1) is 6.10 Å². The molecule has 4 heteroatoms. The van der Waals surface area contributed by atoms with Crippen molar-refractivity contribution in [1.82, 2.24) is 0 Å². The second kappa shape index (κ2) is 5.76. The molecule has 2 aromatic rings. The van der Waals surface area contributed by atoms with Crippen LogP contribution < -0.4 is 0 Å². The number of hydrogen-bond acceptors (Lipinski definition) is 2. The van der Waals surface area contributed by atoms with Gasteiger partial charge in [0, 0.05) is 15.8 Å². The van der Waals surface area contributed by atoms with Gasteiger partial charge in [0.2, 0.25) is 0 Å². The minimum Gasteiger partial charge on any atom is -0.392 e. The lowest BCUT2D eigenvalue weighted by Crippen LogP contribution is -2.13. The summed E-state index contributed by atoms with van der Waals surface area (Å²) in [6.45, 7) is 0. The van der Waals surface area contributed by atoms with Gasteiger partial charge in [0.15, 0.2) is 0 Å². The molecule has 0 saturated carbocycles. The number of rotatable bonds is 4. The highest BCUT2D eigenvalue weighted by molar-refractivity contribution is 9.10. The van der Waals surface area contributed by atoms with Crippen LogP contribution in [0.5, 0.6) is 0 Å². The van der Waals surface area contributed by atoms with Crippen LogP contribution in [0, 0.1) is 5.82 Å². The SMILES string of the molecule is OC(Cc1cc(F)cc(Br)c1)Cc1cccs1. The third kappa shape index (κ3) is 3.91. The van der Waals surface area contributed by atoms with Crippen LogP contribution in [0.15, 0.2) is 40.2 Å². The Morgan fingerprint density at radius 1 is 1.29 bits per heavy atom. The van der Waals surface area contributed by atoms with Crippen LogP contribution in [-0.4, -0.2) is 11.2 Å². The molecule has 0 aliphatic carbocycles. The predicted octanol–water partition coefficient (Wildman–Crippen LogP) is 3.80. The smallest absolute Gasteiger partial charge is 0.124 e. The summed E-state index contributed by atoms with van der Waals surface area (Å²) in [7, 11) is 0. The van der Waals surface area contributed by atoms with Gasteiger partial charge in [-0.2, -0.15) is 0 Å². The predicted molar refractivity (Wildman–Crippen MR) is 71.8 cm³/mol. The Morgan fingerprint density at radius 3 is 2.76 bits per heavy atom. The normalized spacial score (nSPS) is 12.6. The highest BCUT2D eigenvalue weighted by Gasteiger charge is 2.09. The number of aliphatic hydroxyl groups is 1. The molecule has 1 nitrogen and oxygen atoms in total. The van der Waals surface area contributed by atoms with Gasteiger partial charge >= 0.3 is 0 Å². The fourth-order valence-corrected chi connectivity index (χ4v) is 3.02. The van der Waals surface area contributed by atoms with Crippen molar-refractivity contribution in [2.75, 3.05) is 0 Å².